The quantitative estimate of drug-likeness (QED) is 0.240. The minimum Gasteiger partial charge on any atom is -0.409 e. The largest absolute Gasteiger partial charge is 0.409 e. The van der Waals surface area contributed by atoms with E-state index >= 15 is 0 Å². The number of imidazole rings is 1. The van der Waals surface area contributed by atoms with Crippen LogP contribution >= 0.6 is 11.8 Å². The molecule has 0 saturated carbocycles. The second kappa shape index (κ2) is 6.64. The third-order valence-electron chi connectivity index (χ3n) is 2.68. The standard InChI is InChI=1S/C12H14N4O3S2/c13-11(16-17)9-1-3-10(4-2-9)21(18,19)8-7-20-12-14-5-6-15-12/h1-6,17H,7-8H2,(H2,13,16)(H,14,15). The topological polar surface area (TPSA) is 121 Å². The molecule has 0 aliphatic rings. The number of H-pyrrole nitrogens is 1. The maximum absolute atomic E-state index is 12.2. The first-order valence-electron chi connectivity index (χ1n) is 5.96. The molecule has 0 radical (unpaired) electrons. The molecule has 1 heterocycles. The molecule has 2 aromatic rings. The number of aromatic amines is 1. The summed E-state index contributed by atoms with van der Waals surface area (Å²) in [4.78, 5) is 7.11. The van der Waals surface area contributed by atoms with Crippen LogP contribution in [-0.4, -0.2) is 40.9 Å². The highest BCUT2D eigenvalue weighted by molar-refractivity contribution is 8.00. The van der Waals surface area contributed by atoms with Crippen molar-refractivity contribution in [3.05, 3.63) is 42.2 Å². The van der Waals surface area contributed by atoms with Crippen LogP contribution in [0.2, 0.25) is 0 Å². The molecule has 0 aliphatic carbocycles. The molecule has 0 amide bonds. The van der Waals surface area contributed by atoms with Crippen molar-refractivity contribution in [1.82, 2.24) is 9.97 Å². The van der Waals surface area contributed by atoms with E-state index in [-0.39, 0.29) is 16.5 Å². The molecule has 1 aromatic carbocycles. The van der Waals surface area contributed by atoms with Gasteiger partial charge in [0.15, 0.2) is 20.8 Å². The molecular weight excluding hydrogens is 312 g/mol. The van der Waals surface area contributed by atoms with Crippen molar-refractivity contribution in [2.24, 2.45) is 10.9 Å². The van der Waals surface area contributed by atoms with Crippen molar-refractivity contribution in [2.45, 2.75) is 10.1 Å². The molecule has 1 aromatic heterocycles. The minimum atomic E-state index is -3.37. The average Bonchev–Trinajstić information content (AvgIpc) is 2.99. The second-order valence-corrected chi connectivity index (χ2v) is 7.26. The molecule has 0 unspecified atom stereocenters. The van der Waals surface area contributed by atoms with Gasteiger partial charge in [0.05, 0.1) is 10.6 Å². The number of nitrogens with zero attached hydrogens (tertiary/aromatic N) is 2. The number of benzene rings is 1. The summed E-state index contributed by atoms with van der Waals surface area (Å²) in [5, 5.41) is 12.1. The number of nitrogens with one attached hydrogen (secondary N) is 1. The van der Waals surface area contributed by atoms with Crippen LogP contribution in [0.1, 0.15) is 5.56 Å². The van der Waals surface area contributed by atoms with Crippen molar-refractivity contribution in [3.8, 4) is 0 Å². The molecule has 0 aliphatic heterocycles. The highest BCUT2D eigenvalue weighted by Crippen LogP contribution is 2.17. The fraction of sp³-hybridized carbons (Fsp3) is 0.167. The van der Waals surface area contributed by atoms with Gasteiger partial charge in [-0.2, -0.15) is 0 Å². The summed E-state index contributed by atoms with van der Waals surface area (Å²) in [6.07, 6.45) is 3.30. The van der Waals surface area contributed by atoms with Crippen molar-refractivity contribution >= 4 is 27.4 Å². The maximum atomic E-state index is 12.2. The predicted molar refractivity (Wildman–Crippen MR) is 80.3 cm³/mol. The highest BCUT2D eigenvalue weighted by Gasteiger charge is 2.15. The first-order chi connectivity index (χ1) is 10.0. The van der Waals surface area contributed by atoms with E-state index in [0.29, 0.717) is 16.5 Å². The van der Waals surface area contributed by atoms with E-state index < -0.39 is 9.84 Å². The maximum Gasteiger partial charge on any atom is 0.179 e. The third kappa shape index (κ3) is 3.99. The lowest BCUT2D eigenvalue weighted by Gasteiger charge is -2.05. The van der Waals surface area contributed by atoms with Gasteiger partial charge in [-0.1, -0.05) is 16.9 Å². The number of aromatic nitrogens is 2. The van der Waals surface area contributed by atoms with E-state index in [9.17, 15) is 8.42 Å². The fourth-order valence-electron chi connectivity index (χ4n) is 1.59. The van der Waals surface area contributed by atoms with Gasteiger partial charge >= 0.3 is 0 Å². The van der Waals surface area contributed by atoms with Gasteiger partial charge < -0.3 is 15.9 Å². The Labute approximate surface area is 126 Å². The Morgan fingerprint density at radius 1 is 1.38 bits per heavy atom. The lowest BCUT2D eigenvalue weighted by molar-refractivity contribution is 0.318. The first kappa shape index (κ1) is 15.4. The fourth-order valence-corrected chi connectivity index (χ4v) is 4.06. The summed E-state index contributed by atoms with van der Waals surface area (Å²) >= 11 is 1.34. The van der Waals surface area contributed by atoms with E-state index in [2.05, 4.69) is 15.1 Å². The van der Waals surface area contributed by atoms with E-state index in [1.165, 1.54) is 36.0 Å². The van der Waals surface area contributed by atoms with E-state index in [4.69, 9.17) is 10.9 Å². The van der Waals surface area contributed by atoms with Gasteiger partial charge in [0.2, 0.25) is 0 Å². The van der Waals surface area contributed by atoms with Crippen LogP contribution in [0.5, 0.6) is 0 Å². The number of amidine groups is 1. The van der Waals surface area contributed by atoms with Gasteiger partial charge in [0.1, 0.15) is 0 Å². The number of sulfone groups is 1. The number of thioether (sulfide) groups is 1. The molecule has 7 nitrogen and oxygen atoms in total. The Kier molecular flexibility index (Phi) is 4.86. The number of rotatable bonds is 6. The van der Waals surface area contributed by atoms with Crippen molar-refractivity contribution in [2.75, 3.05) is 11.5 Å². The number of hydrogen-bond acceptors (Lipinski definition) is 6. The molecule has 21 heavy (non-hydrogen) atoms. The summed E-state index contributed by atoms with van der Waals surface area (Å²) in [5.74, 6) is 0.339. The average molecular weight is 326 g/mol. The van der Waals surface area contributed by atoms with Gasteiger partial charge in [0, 0.05) is 23.7 Å². The molecule has 9 heteroatoms. The summed E-state index contributed by atoms with van der Waals surface area (Å²) in [7, 11) is -3.37. The van der Waals surface area contributed by atoms with E-state index in [1.54, 1.807) is 12.4 Å². The summed E-state index contributed by atoms with van der Waals surface area (Å²) in [6, 6.07) is 5.89. The number of hydrogen-bond donors (Lipinski definition) is 3. The lowest BCUT2D eigenvalue weighted by Crippen LogP contribution is -2.14. The second-order valence-electron chi connectivity index (χ2n) is 4.07. The molecule has 0 atom stereocenters. The van der Waals surface area contributed by atoms with Gasteiger partial charge in [-0.3, -0.25) is 0 Å². The van der Waals surface area contributed by atoms with E-state index in [0.717, 1.165) is 0 Å². The Hall–Kier alpha value is -2.00. The molecule has 0 spiro atoms. The smallest absolute Gasteiger partial charge is 0.179 e. The molecule has 112 valence electrons. The normalized spacial score (nSPS) is 12.5. The minimum absolute atomic E-state index is 0.00127. The van der Waals surface area contributed by atoms with Crippen LogP contribution in [0.15, 0.2) is 51.9 Å². The zero-order chi connectivity index (χ0) is 15.3. The zero-order valence-corrected chi connectivity index (χ0v) is 12.6. The van der Waals surface area contributed by atoms with Crippen molar-refractivity contribution < 1.29 is 13.6 Å². The molecule has 0 saturated heterocycles. The number of oxime groups is 1. The molecule has 4 N–H and O–H groups in total. The zero-order valence-electron chi connectivity index (χ0n) is 10.9. The van der Waals surface area contributed by atoms with Crippen molar-refractivity contribution in [3.63, 3.8) is 0 Å². The Morgan fingerprint density at radius 2 is 2.10 bits per heavy atom. The van der Waals surface area contributed by atoms with E-state index in [1.807, 2.05) is 0 Å². The summed E-state index contributed by atoms with van der Waals surface area (Å²) in [5.41, 5.74) is 5.88. The van der Waals surface area contributed by atoms with Gasteiger partial charge in [-0.25, -0.2) is 13.4 Å². The van der Waals surface area contributed by atoms with Crippen LogP contribution in [0.25, 0.3) is 0 Å². The summed E-state index contributed by atoms with van der Waals surface area (Å²) < 4.78 is 24.3. The Morgan fingerprint density at radius 3 is 2.67 bits per heavy atom. The Bertz CT molecular complexity index is 709. The van der Waals surface area contributed by atoms with Gasteiger partial charge in [0.25, 0.3) is 0 Å². The monoisotopic (exact) mass is 326 g/mol. The number of nitrogens with two attached hydrogens (primary N) is 1. The molecular formula is C12H14N4O3S2. The predicted octanol–water partition coefficient (Wildman–Crippen LogP) is 1.07. The molecule has 0 bridgehead atoms. The van der Waals surface area contributed by atoms with Crippen LogP contribution in [0.3, 0.4) is 0 Å². The highest BCUT2D eigenvalue weighted by atomic mass is 32.2. The van der Waals surface area contributed by atoms with Crippen LogP contribution in [0, 0.1) is 0 Å². The van der Waals surface area contributed by atoms with Gasteiger partial charge in [-0.15, -0.1) is 0 Å². The Balaban J connectivity index is 2.02. The third-order valence-corrected chi connectivity index (χ3v) is 5.58. The van der Waals surface area contributed by atoms with Gasteiger partial charge in [-0.05, 0) is 24.3 Å². The summed E-state index contributed by atoms with van der Waals surface area (Å²) in [6.45, 7) is 0. The lowest BCUT2D eigenvalue weighted by atomic mass is 10.2. The van der Waals surface area contributed by atoms with Crippen molar-refractivity contribution in [1.29, 1.82) is 0 Å². The molecule has 2 rings (SSSR count). The molecule has 0 fully saturated rings. The van der Waals surface area contributed by atoms with Crippen LogP contribution < -0.4 is 5.73 Å². The van der Waals surface area contributed by atoms with Crippen LogP contribution in [-0.2, 0) is 9.84 Å². The first-order valence-corrected chi connectivity index (χ1v) is 8.59. The SMILES string of the molecule is N/C(=N/O)c1ccc(S(=O)(=O)CCSc2ncc[nH]2)cc1. The van der Waals surface area contributed by atoms with Crippen LogP contribution in [0.4, 0.5) is 0 Å².